The molecule has 7 nitrogen and oxygen atoms in total. The fraction of sp³-hybridized carbons (Fsp3) is 0.176. The lowest BCUT2D eigenvalue weighted by atomic mass is 10.2. The molecule has 0 N–H and O–H groups in total. The van der Waals surface area contributed by atoms with E-state index in [4.69, 9.17) is 9.47 Å². The molecule has 128 valence electrons. The van der Waals surface area contributed by atoms with Crippen molar-refractivity contribution in [2.75, 3.05) is 7.11 Å². The lowest BCUT2D eigenvalue weighted by Gasteiger charge is -2.05. The molecular weight excluding hydrogens is 342 g/mol. The Hall–Kier alpha value is -3.00. The van der Waals surface area contributed by atoms with Gasteiger partial charge >= 0.3 is 5.97 Å². The predicted molar refractivity (Wildman–Crippen MR) is 92.7 cm³/mol. The molecule has 2 aromatic heterocycles. The van der Waals surface area contributed by atoms with Gasteiger partial charge in [0, 0.05) is 18.5 Å². The summed E-state index contributed by atoms with van der Waals surface area (Å²) >= 11 is 1.44. The predicted octanol–water partition coefficient (Wildman–Crippen LogP) is 2.27. The molecule has 0 spiro atoms. The number of methoxy groups -OCH3 is 1. The quantitative estimate of drug-likeness (QED) is 0.652. The Balaban J connectivity index is 1.70. The number of thiazole rings is 1. The van der Waals surface area contributed by atoms with Crippen molar-refractivity contribution in [3.05, 3.63) is 63.5 Å². The standard InChI is InChI=1S/C17H15N3O4S/c1-20-15(21)8-7-13(19-20)17(22)24-9-11-10-25-16(18-11)12-5-3-4-6-14(12)23-2/h3-8,10H,9H2,1-2H3. The fourth-order valence-electron chi connectivity index (χ4n) is 2.14. The highest BCUT2D eigenvalue weighted by Gasteiger charge is 2.13. The zero-order chi connectivity index (χ0) is 17.8. The van der Waals surface area contributed by atoms with Crippen LogP contribution in [0.25, 0.3) is 10.6 Å². The van der Waals surface area contributed by atoms with Gasteiger partial charge in [0.2, 0.25) is 0 Å². The Morgan fingerprint density at radius 2 is 2.04 bits per heavy atom. The average Bonchev–Trinajstić information content (AvgIpc) is 3.10. The molecular formula is C17H15N3O4S. The third-order valence-electron chi connectivity index (χ3n) is 3.41. The molecule has 1 aromatic carbocycles. The molecule has 0 aliphatic carbocycles. The molecule has 0 bridgehead atoms. The summed E-state index contributed by atoms with van der Waals surface area (Å²) in [6, 6.07) is 10.2. The summed E-state index contributed by atoms with van der Waals surface area (Å²) < 4.78 is 11.6. The number of carbonyl (C=O) groups excluding carboxylic acids is 1. The van der Waals surface area contributed by atoms with Gasteiger partial charge in [-0.3, -0.25) is 4.79 Å². The molecule has 0 saturated heterocycles. The van der Waals surface area contributed by atoms with Crippen LogP contribution in [0.3, 0.4) is 0 Å². The van der Waals surface area contributed by atoms with Crippen LogP contribution >= 0.6 is 11.3 Å². The molecule has 3 rings (SSSR count). The van der Waals surface area contributed by atoms with Crippen LogP contribution in [-0.4, -0.2) is 27.8 Å². The van der Waals surface area contributed by atoms with E-state index in [1.54, 1.807) is 7.11 Å². The zero-order valence-corrected chi connectivity index (χ0v) is 14.4. The third kappa shape index (κ3) is 3.74. The monoisotopic (exact) mass is 357 g/mol. The first kappa shape index (κ1) is 16.8. The van der Waals surface area contributed by atoms with Crippen molar-refractivity contribution < 1.29 is 14.3 Å². The van der Waals surface area contributed by atoms with E-state index in [9.17, 15) is 9.59 Å². The number of hydrogen-bond acceptors (Lipinski definition) is 7. The molecule has 0 saturated carbocycles. The maximum atomic E-state index is 12.0. The second-order valence-corrected chi connectivity index (χ2v) is 5.96. The number of hydrogen-bond donors (Lipinski definition) is 0. The van der Waals surface area contributed by atoms with Crippen molar-refractivity contribution in [2.45, 2.75) is 6.61 Å². The Labute approximate surface area is 147 Å². The molecule has 2 heterocycles. The lowest BCUT2D eigenvalue weighted by molar-refractivity contribution is 0.0458. The van der Waals surface area contributed by atoms with Gasteiger partial charge in [0.05, 0.1) is 18.4 Å². The highest BCUT2D eigenvalue weighted by atomic mass is 32.1. The molecule has 0 aliphatic rings. The first-order valence-corrected chi connectivity index (χ1v) is 8.25. The summed E-state index contributed by atoms with van der Waals surface area (Å²) in [6.07, 6.45) is 0. The van der Waals surface area contributed by atoms with Gasteiger partial charge in [-0.05, 0) is 18.2 Å². The van der Waals surface area contributed by atoms with E-state index >= 15 is 0 Å². The van der Waals surface area contributed by atoms with Crippen molar-refractivity contribution in [3.8, 4) is 16.3 Å². The maximum Gasteiger partial charge on any atom is 0.359 e. The van der Waals surface area contributed by atoms with Crippen molar-refractivity contribution in [1.29, 1.82) is 0 Å². The maximum absolute atomic E-state index is 12.0. The van der Waals surface area contributed by atoms with Gasteiger partial charge < -0.3 is 9.47 Å². The largest absolute Gasteiger partial charge is 0.496 e. The average molecular weight is 357 g/mol. The van der Waals surface area contributed by atoms with E-state index in [1.165, 1.54) is 30.5 Å². The summed E-state index contributed by atoms with van der Waals surface area (Å²) in [7, 11) is 3.08. The summed E-state index contributed by atoms with van der Waals surface area (Å²) in [6.45, 7) is 0.0228. The number of nitrogens with zero attached hydrogens (tertiary/aromatic N) is 3. The van der Waals surface area contributed by atoms with E-state index in [-0.39, 0.29) is 17.9 Å². The molecule has 0 atom stereocenters. The van der Waals surface area contributed by atoms with E-state index in [1.807, 2.05) is 29.6 Å². The lowest BCUT2D eigenvalue weighted by Crippen LogP contribution is -2.21. The van der Waals surface area contributed by atoms with Crippen molar-refractivity contribution in [1.82, 2.24) is 14.8 Å². The van der Waals surface area contributed by atoms with Crippen LogP contribution in [0.2, 0.25) is 0 Å². The van der Waals surface area contributed by atoms with E-state index in [0.29, 0.717) is 5.69 Å². The van der Waals surface area contributed by atoms with E-state index in [2.05, 4.69) is 10.1 Å². The minimum Gasteiger partial charge on any atom is -0.496 e. The van der Waals surface area contributed by atoms with Crippen LogP contribution in [0.5, 0.6) is 5.75 Å². The van der Waals surface area contributed by atoms with Gasteiger partial charge in [-0.2, -0.15) is 5.10 Å². The number of para-hydroxylation sites is 1. The summed E-state index contributed by atoms with van der Waals surface area (Å²) in [4.78, 5) is 27.8. The van der Waals surface area contributed by atoms with E-state index in [0.717, 1.165) is 21.0 Å². The molecule has 0 aliphatic heterocycles. The van der Waals surface area contributed by atoms with Gasteiger partial charge in [0.15, 0.2) is 5.69 Å². The summed E-state index contributed by atoms with van der Waals surface area (Å²) in [5, 5.41) is 6.46. The highest BCUT2D eigenvalue weighted by Crippen LogP contribution is 2.31. The third-order valence-corrected chi connectivity index (χ3v) is 4.33. The van der Waals surface area contributed by atoms with Gasteiger partial charge in [-0.1, -0.05) is 12.1 Å². The smallest absolute Gasteiger partial charge is 0.359 e. The topological polar surface area (TPSA) is 83.3 Å². The van der Waals surface area contributed by atoms with Crippen LogP contribution in [0, 0.1) is 0 Å². The highest BCUT2D eigenvalue weighted by molar-refractivity contribution is 7.13. The second kappa shape index (κ2) is 7.27. The van der Waals surface area contributed by atoms with Gasteiger partial charge in [-0.25, -0.2) is 14.5 Å². The number of aryl methyl sites for hydroxylation is 1. The first-order valence-electron chi connectivity index (χ1n) is 7.38. The van der Waals surface area contributed by atoms with E-state index < -0.39 is 5.97 Å². The SMILES string of the molecule is COc1ccccc1-c1nc(COC(=O)c2ccc(=O)n(C)n2)cs1. The van der Waals surface area contributed by atoms with Crippen LogP contribution in [-0.2, 0) is 18.4 Å². The molecule has 0 radical (unpaired) electrons. The molecule has 3 aromatic rings. The normalized spacial score (nSPS) is 10.5. The molecule has 8 heteroatoms. The minimum absolute atomic E-state index is 0.0228. The number of rotatable bonds is 5. The second-order valence-electron chi connectivity index (χ2n) is 5.10. The molecule has 0 unspecified atom stereocenters. The molecule has 0 fully saturated rings. The Bertz CT molecular complexity index is 964. The van der Waals surface area contributed by atoms with Crippen molar-refractivity contribution >= 4 is 17.3 Å². The number of ether oxygens (including phenoxy) is 2. The Morgan fingerprint density at radius 3 is 2.80 bits per heavy atom. The molecule has 0 amide bonds. The summed E-state index contributed by atoms with van der Waals surface area (Å²) in [5.41, 5.74) is 1.29. The van der Waals surface area contributed by atoms with Gasteiger partial charge in [0.25, 0.3) is 5.56 Å². The first-order chi connectivity index (χ1) is 12.1. The molecule has 25 heavy (non-hydrogen) atoms. The summed E-state index contributed by atoms with van der Waals surface area (Å²) in [5.74, 6) is 0.122. The van der Waals surface area contributed by atoms with Crippen molar-refractivity contribution in [3.63, 3.8) is 0 Å². The fourth-order valence-corrected chi connectivity index (χ4v) is 2.98. The zero-order valence-electron chi connectivity index (χ0n) is 13.6. The van der Waals surface area contributed by atoms with Gasteiger partial charge in [-0.15, -0.1) is 11.3 Å². The Kier molecular flexibility index (Phi) is 4.90. The Morgan fingerprint density at radius 1 is 1.24 bits per heavy atom. The number of benzene rings is 1. The number of carbonyl (C=O) groups is 1. The van der Waals surface area contributed by atoms with Crippen LogP contribution in [0.15, 0.2) is 46.6 Å². The van der Waals surface area contributed by atoms with Crippen LogP contribution < -0.4 is 10.3 Å². The number of esters is 1. The van der Waals surface area contributed by atoms with Crippen molar-refractivity contribution in [2.24, 2.45) is 7.05 Å². The minimum atomic E-state index is -0.609. The van der Waals surface area contributed by atoms with Gasteiger partial charge in [0.1, 0.15) is 17.4 Å². The number of aromatic nitrogens is 3. The van der Waals surface area contributed by atoms with Crippen LogP contribution in [0.4, 0.5) is 0 Å². The van der Waals surface area contributed by atoms with Crippen LogP contribution in [0.1, 0.15) is 16.2 Å².